The zero-order chi connectivity index (χ0) is 29.7. The molecule has 0 saturated carbocycles. The average Bonchev–Trinajstić information content (AvgIpc) is 3.15. The first kappa shape index (κ1) is 30.0. The van der Waals surface area contributed by atoms with Crippen LogP contribution in [0.1, 0.15) is 25.6 Å². The number of H-pyrrole nitrogens is 1. The number of carbonyl (C=O) groups is 1. The van der Waals surface area contributed by atoms with Crippen LogP contribution >= 0.6 is 8.17 Å². The van der Waals surface area contributed by atoms with Crippen LogP contribution in [0.5, 0.6) is 11.5 Å². The number of alkyl halides is 1. The maximum Gasteiger partial charge on any atom is 0.395 e. The number of halogens is 2. The Morgan fingerprint density at radius 1 is 1.22 bits per heavy atom. The van der Waals surface area contributed by atoms with E-state index in [4.69, 9.17) is 18.7 Å². The summed E-state index contributed by atoms with van der Waals surface area (Å²) < 4.78 is 54.7. The van der Waals surface area contributed by atoms with E-state index in [2.05, 4.69) is 4.74 Å². The van der Waals surface area contributed by atoms with Crippen LogP contribution < -0.4 is 25.4 Å². The van der Waals surface area contributed by atoms with Gasteiger partial charge in [0.1, 0.15) is 31.2 Å². The van der Waals surface area contributed by atoms with Crippen molar-refractivity contribution >= 4 is 14.1 Å². The molecule has 2 heterocycles. The van der Waals surface area contributed by atoms with Crippen molar-refractivity contribution in [2.75, 3.05) is 6.61 Å². The van der Waals surface area contributed by atoms with E-state index in [0.29, 0.717) is 5.56 Å². The second-order valence-corrected chi connectivity index (χ2v) is 10.1. The molecule has 1 fully saturated rings. The van der Waals surface area contributed by atoms with Crippen LogP contribution in [0.25, 0.3) is 0 Å². The second-order valence-electron chi connectivity index (χ2n) is 9.25. The summed E-state index contributed by atoms with van der Waals surface area (Å²) in [7, 11) is -2.77. The Balaban J connectivity index is 1.38. The molecule has 1 aliphatic rings. The summed E-state index contributed by atoms with van der Waals surface area (Å²) in [6.45, 7) is 1.89. The minimum absolute atomic E-state index is 0.0202. The SMILES string of the molecule is C[C@H](/N=[P+](\[O-])Oc1ccccc1OC[C@H]1O[C@@H](n2ccc(=O)[nH]c2=O)[C@](C)(F)[C@@H]1O)C(=O)OCc1ccc(F)cc1. The zero-order valence-electron chi connectivity index (χ0n) is 21.8. The summed E-state index contributed by atoms with van der Waals surface area (Å²) in [6, 6.07) is 11.2. The Hall–Kier alpha value is -3.97. The molecule has 3 aromatic rings. The Kier molecular flexibility index (Phi) is 9.28. The molecular weight excluding hydrogens is 567 g/mol. The number of benzene rings is 2. The number of nitrogens with one attached hydrogen (secondary N) is 1. The van der Waals surface area contributed by atoms with Crippen LogP contribution in [0.2, 0.25) is 0 Å². The summed E-state index contributed by atoms with van der Waals surface area (Å²) in [4.78, 5) is 50.3. The molecule has 0 aliphatic carbocycles. The van der Waals surface area contributed by atoms with Crippen molar-refractivity contribution in [3.8, 4) is 11.5 Å². The molecule has 0 amide bonds. The van der Waals surface area contributed by atoms with E-state index in [1.54, 1.807) is 12.1 Å². The molecular formula is C26H26F2N3O9P. The van der Waals surface area contributed by atoms with Gasteiger partial charge in [0.2, 0.25) is 5.75 Å². The number of rotatable bonds is 10. The highest BCUT2D eigenvalue weighted by molar-refractivity contribution is 7.34. The quantitative estimate of drug-likeness (QED) is 0.265. The van der Waals surface area contributed by atoms with Gasteiger partial charge in [0.05, 0.1) is 0 Å². The lowest BCUT2D eigenvalue weighted by Gasteiger charge is -2.24. The van der Waals surface area contributed by atoms with Crippen molar-refractivity contribution in [3.05, 3.63) is 93.0 Å². The molecule has 41 heavy (non-hydrogen) atoms. The Bertz CT molecular complexity index is 1530. The fourth-order valence-corrected chi connectivity index (χ4v) is 4.67. The molecule has 0 bridgehead atoms. The van der Waals surface area contributed by atoms with Gasteiger partial charge in [-0.1, -0.05) is 29.0 Å². The molecule has 6 atom stereocenters. The number of esters is 1. The number of aromatic nitrogens is 2. The highest BCUT2D eigenvalue weighted by Gasteiger charge is 2.55. The van der Waals surface area contributed by atoms with Crippen molar-refractivity contribution in [1.29, 1.82) is 0 Å². The van der Waals surface area contributed by atoms with E-state index in [1.165, 1.54) is 43.3 Å². The third kappa shape index (κ3) is 7.22. The van der Waals surface area contributed by atoms with E-state index in [9.17, 15) is 28.8 Å². The number of hydrogen-bond acceptors (Lipinski definition) is 10. The third-order valence-electron chi connectivity index (χ3n) is 6.15. The van der Waals surface area contributed by atoms with Gasteiger partial charge < -0.3 is 24.2 Å². The molecule has 12 nitrogen and oxygen atoms in total. The smallest absolute Gasteiger partial charge is 0.395 e. The number of ether oxygens (including phenoxy) is 3. The number of aromatic amines is 1. The van der Waals surface area contributed by atoms with Gasteiger partial charge in [0, 0.05) is 12.3 Å². The molecule has 1 saturated heterocycles. The largest absolute Gasteiger partial charge is 0.575 e. The molecule has 1 aromatic heterocycles. The van der Waals surface area contributed by atoms with Crippen LogP contribution in [0, 0.1) is 5.82 Å². The fraction of sp³-hybridized carbons (Fsp3) is 0.346. The normalized spacial score (nSPS) is 23.2. The predicted octanol–water partition coefficient (Wildman–Crippen LogP) is 2.11. The highest BCUT2D eigenvalue weighted by Crippen LogP contribution is 2.41. The van der Waals surface area contributed by atoms with Gasteiger partial charge in [0.15, 0.2) is 23.7 Å². The van der Waals surface area contributed by atoms with E-state index in [0.717, 1.165) is 23.8 Å². The molecule has 218 valence electrons. The first-order valence-corrected chi connectivity index (χ1v) is 13.4. The summed E-state index contributed by atoms with van der Waals surface area (Å²) in [6.07, 6.45) is -3.45. The Morgan fingerprint density at radius 2 is 1.90 bits per heavy atom. The fourth-order valence-electron chi connectivity index (χ4n) is 3.93. The lowest BCUT2D eigenvalue weighted by atomic mass is 9.98. The lowest BCUT2D eigenvalue weighted by molar-refractivity contribution is -0.169. The van der Waals surface area contributed by atoms with E-state index in [1.807, 2.05) is 4.98 Å². The summed E-state index contributed by atoms with van der Waals surface area (Å²) >= 11 is 0. The van der Waals surface area contributed by atoms with Crippen molar-refractivity contribution in [2.45, 2.75) is 50.6 Å². The monoisotopic (exact) mass is 593 g/mol. The Morgan fingerprint density at radius 3 is 2.59 bits per heavy atom. The van der Waals surface area contributed by atoms with Gasteiger partial charge in [-0.3, -0.25) is 18.9 Å². The number of para-hydroxylation sites is 2. The molecule has 2 aromatic carbocycles. The number of nitrogens with zero attached hydrogens (tertiary/aromatic N) is 2. The minimum atomic E-state index is -2.77. The molecule has 1 unspecified atom stereocenters. The van der Waals surface area contributed by atoms with Gasteiger partial charge in [-0.15, -0.1) is 0 Å². The van der Waals surface area contributed by atoms with Crippen LogP contribution in [-0.4, -0.2) is 51.2 Å². The van der Waals surface area contributed by atoms with Crippen molar-refractivity contribution < 1.29 is 42.3 Å². The molecule has 15 heteroatoms. The van der Waals surface area contributed by atoms with Gasteiger partial charge in [-0.05, 0) is 43.7 Å². The highest BCUT2D eigenvalue weighted by atomic mass is 31.1. The summed E-state index contributed by atoms with van der Waals surface area (Å²) in [5.41, 5.74) is -3.46. The Labute approximate surface area is 232 Å². The zero-order valence-corrected chi connectivity index (χ0v) is 22.7. The number of aliphatic hydroxyl groups excluding tert-OH is 1. The van der Waals surface area contributed by atoms with Crippen molar-refractivity contribution in [2.24, 2.45) is 4.74 Å². The number of aliphatic hydroxyl groups is 1. The molecule has 0 radical (unpaired) electrons. The lowest BCUT2D eigenvalue weighted by Crippen LogP contribution is -2.43. The van der Waals surface area contributed by atoms with Gasteiger partial charge in [0.25, 0.3) is 5.56 Å². The molecule has 1 aliphatic heterocycles. The van der Waals surface area contributed by atoms with E-state index >= 15 is 4.39 Å². The van der Waals surface area contributed by atoms with Gasteiger partial charge >= 0.3 is 19.8 Å². The summed E-state index contributed by atoms with van der Waals surface area (Å²) in [5.74, 6) is -1.17. The maximum absolute atomic E-state index is 15.4. The van der Waals surface area contributed by atoms with E-state index < -0.39 is 68.0 Å². The van der Waals surface area contributed by atoms with Crippen LogP contribution in [0.4, 0.5) is 8.78 Å². The first-order valence-electron chi connectivity index (χ1n) is 12.3. The third-order valence-corrected chi connectivity index (χ3v) is 7.04. The van der Waals surface area contributed by atoms with Crippen LogP contribution in [0.3, 0.4) is 0 Å². The van der Waals surface area contributed by atoms with Crippen molar-refractivity contribution in [1.82, 2.24) is 9.55 Å². The summed E-state index contributed by atoms with van der Waals surface area (Å²) in [5, 5.41) is 10.5. The van der Waals surface area contributed by atoms with E-state index in [-0.39, 0.29) is 18.1 Å². The molecule has 4 rings (SSSR count). The number of hydrogen-bond donors (Lipinski definition) is 2. The van der Waals surface area contributed by atoms with Crippen molar-refractivity contribution in [3.63, 3.8) is 0 Å². The van der Waals surface area contributed by atoms with Gasteiger partial charge in [-0.25, -0.2) is 18.4 Å². The number of carbonyl (C=O) groups excluding carboxylic acids is 1. The standard InChI is InChI=1S/C26H26F2N3O9P/c1-15(23(34)38-13-16-7-9-17(27)10-8-16)30-41(36)40-19-6-4-3-5-18(19)37-14-20-22(33)26(2,28)24(39-20)31-12-11-21(32)29-25(31)35/h3-12,15,20,22,24,33H,13-14H2,1-2H3,(H,29,32,35)/t15-,20+,22+,24+,26+/m0/s1. The van der Waals surface area contributed by atoms with Gasteiger partial charge in [-0.2, -0.15) is 0 Å². The topological polar surface area (TPSA) is 164 Å². The van der Waals surface area contributed by atoms with Crippen LogP contribution in [-0.2, 0) is 20.9 Å². The predicted molar refractivity (Wildman–Crippen MR) is 138 cm³/mol. The molecule has 0 spiro atoms. The second kappa shape index (κ2) is 12.7. The molecule has 2 N–H and O–H groups in total. The van der Waals surface area contributed by atoms with Crippen LogP contribution in [0.15, 0.2) is 75.1 Å². The average molecular weight is 593 g/mol. The minimum Gasteiger partial charge on any atom is -0.575 e. The maximum atomic E-state index is 15.4. The first-order chi connectivity index (χ1) is 19.5.